The minimum atomic E-state index is -0.647. The van der Waals surface area contributed by atoms with Crippen molar-refractivity contribution in [2.24, 2.45) is 16.9 Å². The van der Waals surface area contributed by atoms with Crippen LogP contribution in [0.1, 0.15) is 46.1 Å². The van der Waals surface area contributed by atoms with Crippen molar-refractivity contribution >= 4 is 30.0 Å². The van der Waals surface area contributed by atoms with E-state index in [9.17, 15) is 0 Å². The van der Waals surface area contributed by atoms with Crippen molar-refractivity contribution in [3.8, 4) is 0 Å². The van der Waals surface area contributed by atoms with E-state index in [4.69, 9.17) is 5.10 Å². The molecule has 1 aliphatic heterocycles. The number of hydrogen-bond acceptors (Lipinski definition) is 2. The number of benzene rings is 3. The summed E-state index contributed by atoms with van der Waals surface area (Å²) in [6.07, 6.45) is 4.60. The van der Waals surface area contributed by atoms with Gasteiger partial charge in [-0.2, -0.15) is 5.10 Å². The summed E-state index contributed by atoms with van der Waals surface area (Å²) in [6, 6.07) is 31.7. The second kappa shape index (κ2) is 10.5. The van der Waals surface area contributed by atoms with Crippen molar-refractivity contribution in [3.63, 3.8) is 0 Å². The highest BCUT2D eigenvalue weighted by Gasteiger charge is 2.35. The summed E-state index contributed by atoms with van der Waals surface area (Å²) in [5.74, 6) is 1.22. The summed E-state index contributed by atoms with van der Waals surface area (Å²) in [4.78, 5) is 0. The van der Waals surface area contributed by atoms with Crippen LogP contribution in [-0.4, -0.2) is 23.3 Å². The average molecular weight is 443 g/mol. The fourth-order valence-electron chi connectivity index (χ4n) is 4.81. The number of rotatable bonds is 7. The normalized spacial score (nSPS) is 19.0. The standard InChI is InChI=1S/C29H35N2P/c1-22(2)27-19-20-28(23(3)4)31(27)30-21-24-13-11-12-18-29(24)32(25-14-7-5-8-15-25)26-16-9-6-10-17-26/h5-18,21-23,27-28H,19-20H2,1-4H3/b30-21+/t27-,28-/m0/s1. The molecule has 1 saturated heterocycles. The van der Waals surface area contributed by atoms with Gasteiger partial charge in [0.05, 0.1) is 6.21 Å². The second-order valence-corrected chi connectivity index (χ2v) is 11.6. The highest BCUT2D eigenvalue weighted by molar-refractivity contribution is 7.80. The maximum absolute atomic E-state index is 5.15. The van der Waals surface area contributed by atoms with Gasteiger partial charge in [-0.3, -0.25) is 5.01 Å². The number of hydrogen-bond donors (Lipinski definition) is 0. The maximum atomic E-state index is 5.15. The van der Waals surface area contributed by atoms with Gasteiger partial charge in [-0.1, -0.05) is 113 Å². The molecule has 2 nitrogen and oxygen atoms in total. The van der Waals surface area contributed by atoms with Crippen LogP contribution in [0.3, 0.4) is 0 Å². The van der Waals surface area contributed by atoms with E-state index < -0.39 is 7.92 Å². The molecule has 0 bridgehead atoms. The van der Waals surface area contributed by atoms with Crippen LogP contribution in [0.15, 0.2) is 90.0 Å². The Kier molecular flexibility index (Phi) is 7.43. The van der Waals surface area contributed by atoms with Crippen molar-refractivity contribution in [1.29, 1.82) is 0 Å². The van der Waals surface area contributed by atoms with E-state index in [2.05, 4.69) is 124 Å². The van der Waals surface area contributed by atoms with Gasteiger partial charge in [-0.05, 0) is 48.5 Å². The molecule has 32 heavy (non-hydrogen) atoms. The Morgan fingerprint density at radius 2 is 1.19 bits per heavy atom. The van der Waals surface area contributed by atoms with Crippen molar-refractivity contribution in [2.45, 2.75) is 52.6 Å². The maximum Gasteiger partial charge on any atom is 0.0549 e. The minimum Gasteiger partial charge on any atom is -0.290 e. The zero-order chi connectivity index (χ0) is 22.5. The molecule has 1 fully saturated rings. The summed E-state index contributed by atoms with van der Waals surface area (Å²) in [7, 11) is -0.647. The Bertz CT molecular complexity index is 958. The number of nitrogens with zero attached hydrogens (tertiary/aromatic N) is 2. The third-order valence-electron chi connectivity index (χ3n) is 6.51. The van der Waals surface area contributed by atoms with Crippen molar-refractivity contribution in [1.82, 2.24) is 5.01 Å². The van der Waals surface area contributed by atoms with E-state index in [-0.39, 0.29) is 0 Å². The van der Waals surface area contributed by atoms with Gasteiger partial charge in [0.25, 0.3) is 0 Å². The smallest absolute Gasteiger partial charge is 0.0549 e. The lowest BCUT2D eigenvalue weighted by molar-refractivity contribution is 0.138. The van der Waals surface area contributed by atoms with Gasteiger partial charge in [0.15, 0.2) is 0 Å². The van der Waals surface area contributed by atoms with E-state index in [1.54, 1.807) is 0 Å². The third-order valence-corrected chi connectivity index (χ3v) is 9.03. The van der Waals surface area contributed by atoms with Crippen LogP contribution in [-0.2, 0) is 0 Å². The lowest BCUT2D eigenvalue weighted by Gasteiger charge is -2.32. The van der Waals surface area contributed by atoms with Crippen LogP contribution in [0.25, 0.3) is 0 Å². The molecule has 166 valence electrons. The molecule has 0 aliphatic carbocycles. The van der Waals surface area contributed by atoms with E-state index in [0.29, 0.717) is 23.9 Å². The van der Waals surface area contributed by atoms with Gasteiger partial charge in [0.1, 0.15) is 0 Å². The molecule has 0 N–H and O–H groups in total. The summed E-state index contributed by atoms with van der Waals surface area (Å²) in [5, 5.41) is 11.7. The topological polar surface area (TPSA) is 15.6 Å². The van der Waals surface area contributed by atoms with Gasteiger partial charge in [-0.25, -0.2) is 0 Å². The molecule has 1 heterocycles. The van der Waals surface area contributed by atoms with E-state index in [1.807, 2.05) is 0 Å². The van der Waals surface area contributed by atoms with Crippen LogP contribution in [0.5, 0.6) is 0 Å². The molecule has 3 aromatic carbocycles. The first-order chi connectivity index (χ1) is 15.6. The number of hydrazone groups is 1. The molecule has 1 aliphatic rings. The molecule has 0 saturated carbocycles. The third kappa shape index (κ3) is 4.97. The van der Waals surface area contributed by atoms with Gasteiger partial charge in [0.2, 0.25) is 0 Å². The largest absolute Gasteiger partial charge is 0.290 e. The molecule has 0 unspecified atom stereocenters. The van der Waals surface area contributed by atoms with Crippen molar-refractivity contribution < 1.29 is 0 Å². The van der Waals surface area contributed by atoms with Crippen LogP contribution in [0.2, 0.25) is 0 Å². The first-order valence-electron chi connectivity index (χ1n) is 11.9. The van der Waals surface area contributed by atoms with Crippen molar-refractivity contribution in [3.05, 3.63) is 90.5 Å². The van der Waals surface area contributed by atoms with Crippen LogP contribution in [0.4, 0.5) is 0 Å². The first kappa shape index (κ1) is 22.7. The molecule has 0 radical (unpaired) electrons. The fourth-order valence-corrected chi connectivity index (χ4v) is 7.23. The molecule has 2 atom stereocenters. The zero-order valence-corrected chi connectivity index (χ0v) is 20.6. The Morgan fingerprint density at radius 3 is 1.69 bits per heavy atom. The van der Waals surface area contributed by atoms with Crippen molar-refractivity contribution in [2.75, 3.05) is 0 Å². The second-order valence-electron chi connectivity index (χ2n) is 9.39. The van der Waals surface area contributed by atoms with Gasteiger partial charge < -0.3 is 0 Å². The predicted molar refractivity (Wildman–Crippen MR) is 141 cm³/mol. The fraction of sp³-hybridized carbons (Fsp3) is 0.345. The van der Waals surface area contributed by atoms with Gasteiger partial charge >= 0.3 is 0 Å². The van der Waals surface area contributed by atoms with E-state index in [0.717, 1.165) is 0 Å². The van der Waals surface area contributed by atoms with Crippen LogP contribution in [0, 0.1) is 11.8 Å². The Hall–Kier alpha value is -2.44. The SMILES string of the molecule is CC(C)[C@@H]1CC[C@@H](C(C)C)N1/N=C/c1ccccc1P(c1ccccc1)c1ccccc1. The summed E-state index contributed by atoms with van der Waals surface area (Å²) < 4.78 is 0. The zero-order valence-electron chi connectivity index (χ0n) is 19.7. The van der Waals surface area contributed by atoms with E-state index in [1.165, 1.54) is 34.3 Å². The Balaban J connectivity index is 1.74. The molecule has 3 heteroatoms. The van der Waals surface area contributed by atoms with E-state index >= 15 is 0 Å². The van der Waals surface area contributed by atoms with Gasteiger partial charge in [-0.15, -0.1) is 0 Å². The molecule has 0 aromatic heterocycles. The highest BCUT2D eigenvalue weighted by Crippen LogP contribution is 2.35. The molecule has 4 rings (SSSR count). The monoisotopic (exact) mass is 442 g/mol. The molecular weight excluding hydrogens is 407 g/mol. The molecule has 0 amide bonds. The lowest BCUT2D eigenvalue weighted by Crippen LogP contribution is -2.37. The highest BCUT2D eigenvalue weighted by atomic mass is 31.1. The summed E-state index contributed by atoms with van der Waals surface area (Å²) in [5.41, 5.74) is 1.23. The lowest BCUT2D eigenvalue weighted by atomic mass is 10.0. The molecule has 0 spiro atoms. The van der Waals surface area contributed by atoms with Gasteiger partial charge in [0, 0.05) is 17.6 Å². The minimum absolute atomic E-state index is 0.524. The Labute approximate surface area is 195 Å². The summed E-state index contributed by atoms with van der Waals surface area (Å²) in [6.45, 7) is 9.31. The molecular formula is C29H35N2P. The van der Waals surface area contributed by atoms with Crippen LogP contribution < -0.4 is 15.9 Å². The summed E-state index contributed by atoms with van der Waals surface area (Å²) >= 11 is 0. The predicted octanol–water partition coefficient (Wildman–Crippen LogP) is 5.92. The molecule has 3 aromatic rings. The quantitative estimate of drug-likeness (QED) is 0.327. The Morgan fingerprint density at radius 1 is 0.719 bits per heavy atom. The average Bonchev–Trinajstić information content (AvgIpc) is 3.25. The van der Waals surface area contributed by atoms with Crippen LogP contribution >= 0.6 is 7.92 Å². The first-order valence-corrected chi connectivity index (χ1v) is 13.2.